The first-order chi connectivity index (χ1) is 12.0. The number of anilines is 1. The van der Waals surface area contributed by atoms with Gasteiger partial charge in [-0.1, -0.05) is 0 Å². The van der Waals surface area contributed by atoms with E-state index in [2.05, 4.69) is 11.1 Å². The number of nitro benzene ring substituents is 1. The first-order valence-corrected chi connectivity index (χ1v) is 7.73. The average Bonchev–Trinajstić information content (AvgIpc) is 2.60. The molecule has 1 aromatic heterocycles. The van der Waals surface area contributed by atoms with E-state index < -0.39 is 4.92 Å². The summed E-state index contributed by atoms with van der Waals surface area (Å²) in [6.07, 6.45) is 0. The molecule has 0 aliphatic carbocycles. The molecule has 128 valence electrons. The quantitative estimate of drug-likeness (QED) is 0.638. The Morgan fingerprint density at radius 2 is 2.04 bits per heavy atom. The lowest BCUT2D eigenvalue weighted by Crippen LogP contribution is -2.49. The molecule has 1 aliphatic heterocycles. The van der Waals surface area contributed by atoms with E-state index in [0.717, 1.165) is 0 Å². The molecule has 1 saturated heterocycles. The molecule has 25 heavy (non-hydrogen) atoms. The molecule has 1 amide bonds. The molecule has 0 unspecified atom stereocenters. The maximum Gasteiger partial charge on any atom is 0.270 e. The van der Waals surface area contributed by atoms with E-state index in [1.165, 1.54) is 12.1 Å². The fourth-order valence-corrected chi connectivity index (χ4v) is 2.92. The fraction of sp³-hybridized carbons (Fsp3) is 0.312. The maximum atomic E-state index is 11.0. The van der Waals surface area contributed by atoms with Gasteiger partial charge in [0.1, 0.15) is 5.82 Å². The molecule has 1 aliphatic rings. The van der Waals surface area contributed by atoms with Crippen LogP contribution in [-0.2, 0) is 4.79 Å². The first-order valence-electron chi connectivity index (χ1n) is 7.73. The van der Waals surface area contributed by atoms with E-state index in [0.29, 0.717) is 48.5 Å². The highest BCUT2D eigenvalue weighted by atomic mass is 16.6. The zero-order valence-electron chi connectivity index (χ0n) is 13.4. The fourth-order valence-electron chi connectivity index (χ4n) is 2.92. The molecule has 1 aromatic carbocycles. The lowest BCUT2D eigenvalue weighted by Gasteiger charge is -2.34. The normalized spacial score (nSPS) is 15.1. The predicted molar refractivity (Wildman–Crippen MR) is 91.0 cm³/mol. The molecular weight excluding hydrogens is 324 g/mol. The highest BCUT2D eigenvalue weighted by Crippen LogP contribution is 2.26. The third-order valence-electron chi connectivity index (χ3n) is 4.19. The van der Waals surface area contributed by atoms with Crippen LogP contribution in [0.15, 0.2) is 24.3 Å². The molecule has 2 N–H and O–H groups in total. The number of primary amides is 1. The molecule has 0 atom stereocenters. The molecule has 1 fully saturated rings. The summed E-state index contributed by atoms with van der Waals surface area (Å²) in [5.41, 5.74) is 6.03. The minimum Gasteiger partial charge on any atom is -0.369 e. The van der Waals surface area contributed by atoms with Crippen molar-refractivity contribution in [3.8, 4) is 6.07 Å². The van der Waals surface area contributed by atoms with Gasteiger partial charge >= 0.3 is 0 Å². The number of nitrogens with two attached hydrogens (primary N) is 1. The average molecular weight is 340 g/mol. The number of rotatable bonds is 4. The molecule has 0 radical (unpaired) electrons. The largest absolute Gasteiger partial charge is 0.369 e. The van der Waals surface area contributed by atoms with Crippen molar-refractivity contribution in [1.29, 1.82) is 5.26 Å². The molecule has 9 nitrogen and oxygen atoms in total. The van der Waals surface area contributed by atoms with Gasteiger partial charge in [-0.25, -0.2) is 4.98 Å². The Labute approximate surface area is 143 Å². The summed E-state index contributed by atoms with van der Waals surface area (Å²) in [5.74, 6) is 0.294. The maximum absolute atomic E-state index is 11.0. The number of hydrogen-bond acceptors (Lipinski definition) is 7. The second-order valence-corrected chi connectivity index (χ2v) is 5.83. The third kappa shape index (κ3) is 3.49. The molecule has 0 bridgehead atoms. The van der Waals surface area contributed by atoms with Gasteiger partial charge in [-0.05, 0) is 12.1 Å². The van der Waals surface area contributed by atoms with Crippen LogP contribution in [0.1, 0.15) is 5.56 Å². The van der Waals surface area contributed by atoms with Crippen LogP contribution in [0.4, 0.5) is 11.5 Å². The molecule has 2 heterocycles. The molecule has 0 saturated carbocycles. The van der Waals surface area contributed by atoms with Crippen LogP contribution in [0.5, 0.6) is 0 Å². The molecule has 0 spiro atoms. The van der Waals surface area contributed by atoms with Crippen molar-refractivity contribution in [2.75, 3.05) is 37.6 Å². The number of carbonyl (C=O) groups excluding carboxylic acids is 1. The summed E-state index contributed by atoms with van der Waals surface area (Å²) in [7, 11) is 0. The standard InChI is InChI=1S/C16H16N6O3/c17-9-11-7-16(21-5-3-20(4-6-21)10-15(18)23)19-14-2-1-12(22(24)25)8-13(11)14/h1-2,7-8H,3-6,10H2,(H2,18,23). The summed E-state index contributed by atoms with van der Waals surface area (Å²) in [5, 5.41) is 20.8. The van der Waals surface area contributed by atoms with Crippen molar-refractivity contribution >= 4 is 28.3 Å². The number of fused-ring (bicyclic) bond motifs is 1. The Bertz CT molecular complexity index is 883. The number of nitrogens with zero attached hydrogens (tertiary/aromatic N) is 5. The summed E-state index contributed by atoms with van der Waals surface area (Å²) >= 11 is 0. The Balaban J connectivity index is 1.88. The van der Waals surface area contributed by atoms with Gasteiger partial charge in [0.05, 0.1) is 28.6 Å². The van der Waals surface area contributed by atoms with E-state index in [1.807, 2.05) is 9.80 Å². The second kappa shape index (κ2) is 6.70. The Morgan fingerprint density at radius 3 is 2.64 bits per heavy atom. The van der Waals surface area contributed by atoms with Crippen molar-refractivity contribution in [2.45, 2.75) is 0 Å². The molecule has 3 rings (SSSR count). The van der Waals surface area contributed by atoms with Crippen molar-refractivity contribution in [1.82, 2.24) is 9.88 Å². The number of benzene rings is 1. The predicted octanol–water partition coefficient (Wildman–Crippen LogP) is 0.622. The van der Waals surface area contributed by atoms with Crippen molar-refractivity contribution < 1.29 is 9.72 Å². The van der Waals surface area contributed by atoms with E-state index in [9.17, 15) is 20.2 Å². The monoisotopic (exact) mass is 340 g/mol. The van der Waals surface area contributed by atoms with Crippen molar-refractivity contribution in [3.63, 3.8) is 0 Å². The van der Waals surface area contributed by atoms with Crippen LogP contribution in [0, 0.1) is 21.4 Å². The van der Waals surface area contributed by atoms with Crippen LogP contribution in [0.25, 0.3) is 10.9 Å². The molecular formula is C16H16N6O3. The van der Waals surface area contributed by atoms with Gasteiger partial charge in [0.25, 0.3) is 5.69 Å². The van der Waals surface area contributed by atoms with Gasteiger partial charge in [-0.15, -0.1) is 0 Å². The summed E-state index contributed by atoms with van der Waals surface area (Å²) in [6, 6.07) is 8.05. The van der Waals surface area contributed by atoms with Gasteiger partial charge in [0.2, 0.25) is 5.91 Å². The number of aromatic nitrogens is 1. The van der Waals surface area contributed by atoms with Crippen molar-refractivity contribution in [2.24, 2.45) is 5.73 Å². The number of pyridine rings is 1. The van der Waals surface area contributed by atoms with Crippen LogP contribution in [0.3, 0.4) is 0 Å². The summed E-state index contributed by atoms with van der Waals surface area (Å²) in [4.78, 5) is 30.0. The summed E-state index contributed by atoms with van der Waals surface area (Å²) < 4.78 is 0. The number of nitriles is 1. The zero-order chi connectivity index (χ0) is 18.0. The van der Waals surface area contributed by atoms with E-state index in [1.54, 1.807) is 12.1 Å². The highest BCUT2D eigenvalue weighted by molar-refractivity contribution is 5.88. The number of amides is 1. The third-order valence-corrected chi connectivity index (χ3v) is 4.19. The topological polar surface area (TPSA) is 129 Å². The molecule has 2 aromatic rings. The van der Waals surface area contributed by atoms with Crippen LogP contribution < -0.4 is 10.6 Å². The first kappa shape index (κ1) is 16.6. The highest BCUT2D eigenvalue weighted by Gasteiger charge is 2.20. The minimum absolute atomic E-state index is 0.0707. The minimum atomic E-state index is -0.494. The Kier molecular flexibility index (Phi) is 4.45. The van der Waals surface area contributed by atoms with Gasteiger partial charge in [-0.3, -0.25) is 19.8 Å². The number of carbonyl (C=O) groups is 1. The second-order valence-electron chi connectivity index (χ2n) is 5.83. The lowest BCUT2D eigenvalue weighted by atomic mass is 10.1. The smallest absolute Gasteiger partial charge is 0.270 e. The van der Waals surface area contributed by atoms with E-state index in [4.69, 9.17) is 5.73 Å². The summed E-state index contributed by atoms with van der Waals surface area (Å²) in [6.45, 7) is 2.88. The van der Waals surface area contributed by atoms with Gasteiger partial charge in [0, 0.05) is 43.7 Å². The number of non-ortho nitro benzene ring substituents is 1. The molecule has 9 heteroatoms. The van der Waals surface area contributed by atoms with Crippen LogP contribution >= 0.6 is 0 Å². The SMILES string of the molecule is N#Cc1cc(N2CCN(CC(N)=O)CC2)nc2ccc([N+](=O)[O-])cc12. The van der Waals surface area contributed by atoms with Crippen molar-refractivity contribution in [3.05, 3.63) is 39.9 Å². The number of hydrogen-bond donors (Lipinski definition) is 1. The van der Waals surface area contributed by atoms with Gasteiger partial charge in [-0.2, -0.15) is 5.26 Å². The van der Waals surface area contributed by atoms with Gasteiger partial charge in [0.15, 0.2) is 0 Å². The lowest BCUT2D eigenvalue weighted by molar-refractivity contribution is -0.384. The van der Waals surface area contributed by atoms with Crippen LogP contribution in [0.2, 0.25) is 0 Å². The zero-order valence-corrected chi connectivity index (χ0v) is 13.4. The van der Waals surface area contributed by atoms with Gasteiger partial charge < -0.3 is 10.6 Å². The Morgan fingerprint density at radius 1 is 1.32 bits per heavy atom. The van der Waals surface area contributed by atoms with Crippen LogP contribution in [-0.4, -0.2) is 53.4 Å². The number of piperazine rings is 1. The Hall–Kier alpha value is -3.25. The van der Waals surface area contributed by atoms with E-state index in [-0.39, 0.29) is 18.1 Å². The number of nitro groups is 1. The van der Waals surface area contributed by atoms with E-state index >= 15 is 0 Å².